The van der Waals surface area contributed by atoms with E-state index in [-0.39, 0.29) is 55.3 Å². The molecule has 1 radical (unpaired) electrons. The molecular weight excluding hydrogens is 476 g/mol. The molecular formula is C22H9B2F2N4O6. The molecule has 1 aliphatic rings. The molecule has 0 atom stereocenters. The van der Waals surface area contributed by atoms with E-state index in [1.165, 1.54) is 12.1 Å². The van der Waals surface area contributed by atoms with Gasteiger partial charge in [0.15, 0.2) is 5.75 Å². The molecule has 4 aromatic carbocycles. The van der Waals surface area contributed by atoms with Crippen LogP contribution in [0.2, 0.25) is 0 Å². The summed E-state index contributed by atoms with van der Waals surface area (Å²) in [5.41, 5.74) is -0.769. The summed E-state index contributed by atoms with van der Waals surface area (Å²) in [6.07, 6.45) is 0. The standard InChI is InChI=1S/C22H9B2F2N4O6/c25-17-13-14(19-21(29-35-27-19)15(17)23-32-10-6-2-1-5-9(10)31)18(26)16(22-20(13)28-36-30-22)24-33-11-7-3-4-8-12(11)34-24/h1-8,31H. The summed E-state index contributed by atoms with van der Waals surface area (Å²) in [4.78, 5) is 0. The topological polar surface area (TPSA) is 126 Å². The summed E-state index contributed by atoms with van der Waals surface area (Å²) in [6, 6.07) is 12.9. The lowest BCUT2D eigenvalue weighted by Crippen LogP contribution is -2.42. The zero-order valence-electron chi connectivity index (χ0n) is 17.8. The molecule has 1 N–H and O–H groups in total. The fraction of sp³-hybridized carbons (Fsp3) is 0. The van der Waals surface area contributed by atoms with Crippen molar-refractivity contribution in [2.24, 2.45) is 0 Å². The lowest BCUT2D eigenvalue weighted by molar-refractivity contribution is 0.316. The molecule has 3 heterocycles. The first-order valence-corrected chi connectivity index (χ1v) is 10.5. The number of hydrogen-bond donors (Lipinski definition) is 1. The third-order valence-corrected chi connectivity index (χ3v) is 5.84. The van der Waals surface area contributed by atoms with Crippen LogP contribution in [0, 0.1) is 11.6 Å². The first-order chi connectivity index (χ1) is 17.6. The number of hydrogen-bond acceptors (Lipinski definition) is 10. The first kappa shape index (κ1) is 20.5. The second-order valence-corrected chi connectivity index (χ2v) is 7.85. The zero-order valence-corrected chi connectivity index (χ0v) is 17.8. The Morgan fingerprint density at radius 2 is 1.33 bits per heavy atom. The molecule has 0 unspecified atom stereocenters. The second-order valence-electron chi connectivity index (χ2n) is 7.85. The molecule has 2 aromatic heterocycles. The van der Waals surface area contributed by atoms with Gasteiger partial charge in [0.2, 0.25) is 0 Å². The van der Waals surface area contributed by atoms with Gasteiger partial charge in [0.05, 0.1) is 16.2 Å². The number of fused-ring (bicyclic) bond motifs is 6. The van der Waals surface area contributed by atoms with E-state index < -0.39 is 18.8 Å². The van der Waals surface area contributed by atoms with Crippen LogP contribution in [0.3, 0.4) is 0 Å². The van der Waals surface area contributed by atoms with Crippen LogP contribution in [-0.4, -0.2) is 40.3 Å². The Labute approximate surface area is 199 Å². The average molecular weight is 485 g/mol. The Hall–Kier alpha value is -4.87. The van der Waals surface area contributed by atoms with E-state index in [0.717, 1.165) is 7.48 Å². The number of benzene rings is 4. The smallest absolute Gasteiger partial charge is 0.555 e. The highest BCUT2D eigenvalue weighted by atomic mass is 19.1. The van der Waals surface area contributed by atoms with Crippen molar-refractivity contribution in [3.05, 3.63) is 60.2 Å². The van der Waals surface area contributed by atoms with Crippen molar-refractivity contribution in [1.82, 2.24) is 20.6 Å². The van der Waals surface area contributed by atoms with Crippen LogP contribution in [0.5, 0.6) is 23.0 Å². The number of aromatic nitrogens is 4. The number of rotatable bonds is 4. The molecule has 173 valence electrons. The molecule has 6 aromatic rings. The molecule has 0 saturated heterocycles. The van der Waals surface area contributed by atoms with E-state index in [1.807, 2.05) is 0 Å². The lowest BCUT2D eigenvalue weighted by atomic mass is 9.75. The third kappa shape index (κ3) is 2.84. The van der Waals surface area contributed by atoms with E-state index in [4.69, 9.17) is 23.2 Å². The van der Waals surface area contributed by atoms with Gasteiger partial charge < -0.3 is 19.1 Å². The highest BCUT2D eigenvalue weighted by Crippen LogP contribution is 2.36. The number of phenols is 1. The highest BCUT2D eigenvalue weighted by Gasteiger charge is 2.42. The second kappa shape index (κ2) is 7.57. The number of para-hydroxylation sites is 4. The van der Waals surface area contributed by atoms with Crippen molar-refractivity contribution in [1.29, 1.82) is 0 Å². The summed E-state index contributed by atoms with van der Waals surface area (Å²) >= 11 is 0. The summed E-state index contributed by atoms with van der Waals surface area (Å²) in [5.74, 6) is -1.16. The highest BCUT2D eigenvalue weighted by molar-refractivity contribution is 6.67. The van der Waals surface area contributed by atoms with Crippen molar-refractivity contribution in [2.45, 2.75) is 0 Å². The summed E-state index contributed by atoms with van der Waals surface area (Å²) in [5, 5.41) is 24.6. The Morgan fingerprint density at radius 1 is 0.750 bits per heavy atom. The third-order valence-electron chi connectivity index (χ3n) is 5.84. The van der Waals surface area contributed by atoms with E-state index in [0.29, 0.717) is 11.5 Å². The minimum absolute atomic E-state index is 0.0616. The summed E-state index contributed by atoms with van der Waals surface area (Å²) in [7, 11) is -0.226. The van der Waals surface area contributed by atoms with E-state index in [9.17, 15) is 5.11 Å². The number of nitrogens with zero attached hydrogens (tertiary/aromatic N) is 4. The molecule has 36 heavy (non-hydrogen) atoms. The minimum Gasteiger partial charge on any atom is -0.555 e. The molecule has 0 spiro atoms. The van der Waals surface area contributed by atoms with Crippen LogP contribution in [0.1, 0.15) is 0 Å². The predicted molar refractivity (Wildman–Crippen MR) is 122 cm³/mol. The SMILES string of the molecule is Oc1ccccc1O[B]c1c(F)c2c3nonc3c(B3Oc4ccccc4O3)c(F)c2c2nonc12. The number of halogens is 2. The van der Waals surface area contributed by atoms with Gasteiger partial charge in [-0.1, -0.05) is 29.4 Å². The largest absolute Gasteiger partial charge is 0.638 e. The summed E-state index contributed by atoms with van der Waals surface area (Å²) < 4.78 is 58.8. The Morgan fingerprint density at radius 3 is 2.06 bits per heavy atom. The van der Waals surface area contributed by atoms with Crippen molar-refractivity contribution < 1.29 is 37.1 Å². The van der Waals surface area contributed by atoms with Gasteiger partial charge in [0.1, 0.15) is 50.9 Å². The predicted octanol–water partition coefficient (Wildman–Crippen LogP) is 2.39. The van der Waals surface area contributed by atoms with Gasteiger partial charge in [-0.05, 0) is 39.7 Å². The molecule has 1 aliphatic heterocycles. The van der Waals surface area contributed by atoms with Crippen LogP contribution in [-0.2, 0) is 0 Å². The monoisotopic (exact) mass is 485 g/mol. The number of phenolic OH excluding ortho intramolecular Hbond substituents is 1. The van der Waals surface area contributed by atoms with Crippen molar-refractivity contribution in [3.63, 3.8) is 0 Å². The quantitative estimate of drug-likeness (QED) is 0.372. The lowest BCUT2D eigenvalue weighted by Gasteiger charge is -2.12. The molecule has 14 heteroatoms. The fourth-order valence-corrected chi connectivity index (χ4v) is 4.22. The molecule has 0 bridgehead atoms. The minimum atomic E-state index is -1.24. The molecule has 0 amide bonds. The van der Waals surface area contributed by atoms with Crippen LogP contribution >= 0.6 is 0 Å². The van der Waals surface area contributed by atoms with Crippen molar-refractivity contribution in [2.75, 3.05) is 0 Å². The molecule has 0 aliphatic carbocycles. The van der Waals surface area contributed by atoms with Crippen LogP contribution in [0.15, 0.2) is 57.8 Å². The van der Waals surface area contributed by atoms with E-state index >= 15 is 8.78 Å². The van der Waals surface area contributed by atoms with Crippen molar-refractivity contribution >= 4 is 58.4 Å². The Kier molecular flexibility index (Phi) is 4.31. The van der Waals surface area contributed by atoms with Crippen LogP contribution in [0.25, 0.3) is 32.8 Å². The molecule has 0 fully saturated rings. The maximum Gasteiger partial charge on any atom is 0.638 e. The maximum absolute atomic E-state index is 16.2. The normalized spacial score (nSPS) is 12.7. The van der Waals surface area contributed by atoms with Gasteiger partial charge in [-0.2, -0.15) is 0 Å². The van der Waals surface area contributed by atoms with E-state index in [1.54, 1.807) is 36.4 Å². The average Bonchev–Trinajstić information content (AvgIpc) is 3.64. The van der Waals surface area contributed by atoms with E-state index in [2.05, 4.69) is 20.6 Å². The Balaban J connectivity index is 1.44. The summed E-state index contributed by atoms with van der Waals surface area (Å²) in [6.45, 7) is 0. The first-order valence-electron chi connectivity index (χ1n) is 10.5. The van der Waals surface area contributed by atoms with Crippen molar-refractivity contribution in [3.8, 4) is 23.0 Å². The van der Waals surface area contributed by atoms with Crippen LogP contribution < -0.4 is 24.9 Å². The van der Waals surface area contributed by atoms with Gasteiger partial charge in [-0.25, -0.2) is 18.0 Å². The van der Waals surface area contributed by atoms with Gasteiger partial charge in [-0.3, -0.25) is 0 Å². The molecule has 0 saturated carbocycles. The zero-order chi connectivity index (χ0) is 24.4. The Bertz CT molecular complexity index is 1800. The fourth-order valence-electron chi connectivity index (χ4n) is 4.22. The number of aromatic hydroxyl groups is 1. The molecule has 10 nitrogen and oxygen atoms in total. The molecule has 7 rings (SSSR count). The van der Waals surface area contributed by atoms with Gasteiger partial charge in [0, 0.05) is 5.46 Å². The van der Waals surface area contributed by atoms with Crippen LogP contribution in [0.4, 0.5) is 8.78 Å². The van der Waals surface area contributed by atoms with Gasteiger partial charge in [-0.15, -0.1) is 0 Å². The maximum atomic E-state index is 16.2. The van der Waals surface area contributed by atoms with Gasteiger partial charge in [0.25, 0.3) is 0 Å². The van der Waals surface area contributed by atoms with Gasteiger partial charge >= 0.3 is 14.6 Å².